The second-order valence-electron chi connectivity index (χ2n) is 3.55. The van der Waals surface area contributed by atoms with Gasteiger partial charge in [0.05, 0.1) is 7.11 Å². The highest BCUT2D eigenvalue weighted by Crippen LogP contribution is 2.40. The lowest BCUT2D eigenvalue weighted by Gasteiger charge is -2.00. The van der Waals surface area contributed by atoms with Crippen molar-refractivity contribution in [2.75, 3.05) is 7.11 Å². The highest BCUT2D eigenvalue weighted by Gasteiger charge is 2.21. The Kier molecular flexibility index (Phi) is 3.72. The van der Waals surface area contributed by atoms with Crippen molar-refractivity contribution in [2.24, 2.45) is 0 Å². The number of aryl methyl sites for hydroxylation is 1. The molecule has 0 fully saturated rings. The van der Waals surface area contributed by atoms with E-state index in [-0.39, 0.29) is 0 Å². The van der Waals surface area contributed by atoms with Gasteiger partial charge in [-0.3, -0.25) is 0 Å². The van der Waals surface area contributed by atoms with Gasteiger partial charge in [-0.2, -0.15) is 0 Å². The van der Waals surface area contributed by atoms with Crippen LogP contribution in [-0.4, -0.2) is 13.3 Å². The Balaban J connectivity index is 2.41. The molecule has 0 saturated heterocycles. The Morgan fingerprint density at radius 3 is 2.56 bits per heavy atom. The SMILES string of the molecule is COC(=O)Oc1c(C)oc(-c2ccccc2)c1Br. The van der Waals surface area contributed by atoms with Gasteiger partial charge in [0.2, 0.25) is 0 Å². The fourth-order valence-electron chi connectivity index (χ4n) is 1.52. The standard InChI is InChI=1S/C13H11BrO4/c1-8-11(18-13(15)16-2)10(14)12(17-8)9-6-4-3-5-7-9/h3-7H,1-2H3. The average Bonchev–Trinajstić information content (AvgIpc) is 2.67. The Hall–Kier alpha value is -1.75. The molecule has 4 nitrogen and oxygen atoms in total. The number of hydrogen-bond donors (Lipinski definition) is 0. The summed E-state index contributed by atoms with van der Waals surface area (Å²) < 4.78 is 15.7. The Labute approximate surface area is 113 Å². The smallest absolute Gasteiger partial charge is 0.456 e. The third-order valence-corrected chi connectivity index (χ3v) is 3.08. The van der Waals surface area contributed by atoms with Gasteiger partial charge in [0.1, 0.15) is 10.2 Å². The van der Waals surface area contributed by atoms with Gasteiger partial charge in [-0.05, 0) is 22.9 Å². The van der Waals surface area contributed by atoms with Crippen molar-refractivity contribution in [3.8, 4) is 17.1 Å². The van der Waals surface area contributed by atoms with Crippen LogP contribution in [0, 0.1) is 6.92 Å². The highest BCUT2D eigenvalue weighted by molar-refractivity contribution is 9.10. The van der Waals surface area contributed by atoms with Crippen molar-refractivity contribution in [1.29, 1.82) is 0 Å². The fraction of sp³-hybridized carbons (Fsp3) is 0.154. The van der Waals surface area contributed by atoms with Crippen LogP contribution in [-0.2, 0) is 4.74 Å². The molecule has 0 radical (unpaired) electrons. The summed E-state index contributed by atoms with van der Waals surface area (Å²) in [6.45, 7) is 1.72. The predicted molar refractivity (Wildman–Crippen MR) is 69.6 cm³/mol. The topological polar surface area (TPSA) is 48.7 Å². The molecule has 0 bridgehead atoms. The zero-order chi connectivity index (χ0) is 13.1. The first-order valence-electron chi connectivity index (χ1n) is 5.23. The molecule has 2 aromatic rings. The molecule has 1 aromatic carbocycles. The highest BCUT2D eigenvalue weighted by atomic mass is 79.9. The van der Waals surface area contributed by atoms with Crippen LogP contribution in [0.1, 0.15) is 5.76 Å². The minimum atomic E-state index is -0.779. The fourth-order valence-corrected chi connectivity index (χ4v) is 2.19. The molecule has 0 aliphatic heterocycles. The first-order valence-corrected chi connectivity index (χ1v) is 6.03. The second kappa shape index (κ2) is 5.27. The number of carbonyl (C=O) groups is 1. The molecular formula is C13H11BrO4. The molecule has 0 aliphatic carbocycles. The van der Waals surface area contributed by atoms with Crippen LogP contribution >= 0.6 is 15.9 Å². The first-order chi connectivity index (χ1) is 8.63. The maximum atomic E-state index is 11.1. The van der Waals surface area contributed by atoms with Crippen molar-refractivity contribution >= 4 is 22.1 Å². The van der Waals surface area contributed by atoms with Crippen LogP contribution in [0.5, 0.6) is 5.75 Å². The van der Waals surface area contributed by atoms with E-state index < -0.39 is 6.16 Å². The van der Waals surface area contributed by atoms with E-state index in [1.54, 1.807) is 6.92 Å². The summed E-state index contributed by atoms with van der Waals surface area (Å²) in [5.74, 6) is 1.46. The zero-order valence-corrected chi connectivity index (χ0v) is 11.5. The number of methoxy groups -OCH3 is 1. The van der Waals surface area contributed by atoms with Crippen molar-refractivity contribution < 1.29 is 18.7 Å². The van der Waals surface area contributed by atoms with E-state index in [4.69, 9.17) is 9.15 Å². The van der Waals surface area contributed by atoms with Crippen LogP contribution in [0.4, 0.5) is 4.79 Å². The second-order valence-corrected chi connectivity index (χ2v) is 4.35. The lowest BCUT2D eigenvalue weighted by molar-refractivity contribution is 0.120. The van der Waals surface area contributed by atoms with E-state index in [2.05, 4.69) is 20.7 Å². The van der Waals surface area contributed by atoms with Gasteiger partial charge in [0, 0.05) is 5.56 Å². The molecule has 0 spiro atoms. The van der Waals surface area contributed by atoms with Gasteiger partial charge in [-0.15, -0.1) is 0 Å². The van der Waals surface area contributed by atoms with Gasteiger partial charge in [0.15, 0.2) is 11.5 Å². The normalized spacial score (nSPS) is 10.2. The molecule has 1 aromatic heterocycles. The van der Waals surface area contributed by atoms with Gasteiger partial charge in [-0.1, -0.05) is 30.3 Å². The molecular weight excluding hydrogens is 300 g/mol. The Morgan fingerprint density at radius 1 is 1.28 bits per heavy atom. The predicted octanol–water partition coefficient (Wildman–Crippen LogP) is 4.16. The number of ether oxygens (including phenoxy) is 2. The number of benzene rings is 1. The minimum absolute atomic E-state index is 0.334. The summed E-state index contributed by atoms with van der Waals surface area (Å²) in [6.07, 6.45) is -0.779. The van der Waals surface area contributed by atoms with Gasteiger partial charge in [0.25, 0.3) is 0 Å². The summed E-state index contributed by atoms with van der Waals surface area (Å²) in [5, 5.41) is 0. The van der Waals surface area contributed by atoms with Crippen molar-refractivity contribution in [1.82, 2.24) is 0 Å². The number of furan rings is 1. The quantitative estimate of drug-likeness (QED) is 0.781. The molecule has 0 N–H and O–H groups in total. The van der Waals surface area contributed by atoms with E-state index in [0.717, 1.165) is 5.56 Å². The average molecular weight is 311 g/mol. The van der Waals surface area contributed by atoms with Gasteiger partial charge >= 0.3 is 6.16 Å². The summed E-state index contributed by atoms with van der Waals surface area (Å²) in [6, 6.07) is 9.54. The summed E-state index contributed by atoms with van der Waals surface area (Å²) in [7, 11) is 1.25. The molecule has 0 saturated carbocycles. The van der Waals surface area contributed by atoms with Crippen LogP contribution in [0.15, 0.2) is 39.2 Å². The molecule has 0 unspecified atom stereocenters. The number of rotatable bonds is 2. The van der Waals surface area contributed by atoms with Crippen LogP contribution in [0.2, 0.25) is 0 Å². The molecule has 2 rings (SSSR count). The lowest BCUT2D eigenvalue weighted by atomic mass is 10.2. The molecule has 94 valence electrons. The van der Waals surface area contributed by atoms with Crippen LogP contribution in [0.25, 0.3) is 11.3 Å². The zero-order valence-electron chi connectivity index (χ0n) is 9.90. The van der Waals surface area contributed by atoms with E-state index in [1.807, 2.05) is 30.3 Å². The maximum Gasteiger partial charge on any atom is 0.513 e. The summed E-state index contributed by atoms with van der Waals surface area (Å²) in [4.78, 5) is 11.1. The first kappa shape index (κ1) is 12.7. The summed E-state index contributed by atoms with van der Waals surface area (Å²) >= 11 is 3.37. The summed E-state index contributed by atoms with van der Waals surface area (Å²) in [5.41, 5.74) is 0.896. The molecule has 18 heavy (non-hydrogen) atoms. The number of carbonyl (C=O) groups excluding carboxylic acids is 1. The monoisotopic (exact) mass is 310 g/mol. The lowest BCUT2D eigenvalue weighted by Crippen LogP contribution is -2.07. The van der Waals surface area contributed by atoms with Gasteiger partial charge < -0.3 is 13.9 Å². The Morgan fingerprint density at radius 2 is 1.94 bits per heavy atom. The van der Waals surface area contributed by atoms with E-state index in [9.17, 15) is 4.79 Å². The Bertz CT molecular complexity index is 560. The van der Waals surface area contributed by atoms with E-state index in [0.29, 0.717) is 21.7 Å². The van der Waals surface area contributed by atoms with Crippen molar-refractivity contribution in [3.63, 3.8) is 0 Å². The molecule has 0 atom stereocenters. The number of hydrogen-bond acceptors (Lipinski definition) is 4. The van der Waals surface area contributed by atoms with E-state index in [1.165, 1.54) is 7.11 Å². The molecule has 1 heterocycles. The third-order valence-electron chi connectivity index (χ3n) is 2.36. The van der Waals surface area contributed by atoms with Crippen molar-refractivity contribution in [3.05, 3.63) is 40.6 Å². The van der Waals surface area contributed by atoms with Crippen molar-refractivity contribution in [2.45, 2.75) is 6.92 Å². The minimum Gasteiger partial charge on any atom is -0.456 e. The molecule has 0 aliphatic rings. The third kappa shape index (κ3) is 2.41. The molecule has 0 amide bonds. The van der Waals surface area contributed by atoms with Gasteiger partial charge in [-0.25, -0.2) is 4.79 Å². The van der Waals surface area contributed by atoms with E-state index >= 15 is 0 Å². The molecule has 5 heteroatoms. The van der Waals surface area contributed by atoms with Crippen LogP contribution in [0.3, 0.4) is 0 Å². The number of halogens is 1. The largest absolute Gasteiger partial charge is 0.513 e. The van der Waals surface area contributed by atoms with Crippen LogP contribution < -0.4 is 4.74 Å². The maximum absolute atomic E-state index is 11.1.